The number of anilines is 1. The van der Waals surface area contributed by atoms with E-state index in [1.165, 1.54) is 41.0 Å². The molecular formula is C14H14N4S. The first-order valence-corrected chi connectivity index (χ1v) is 7.35. The molecule has 0 aromatic carbocycles. The lowest BCUT2D eigenvalue weighted by Gasteiger charge is -2.08. The van der Waals surface area contributed by atoms with E-state index in [0.717, 1.165) is 17.2 Å². The van der Waals surface area contributed by atoms with Crippen LogP contribution < -0.4 is 5.73 Å². The Hall–Kier alpha value is -1.88. The van der Waals surface area contributed by atoms with E-state index in [1.807, 2.05) is 34.1 Å². The van der Waals surface area contributed by atoms with Crippen molar-refractivity contribution in [1.29, 1.82) is 0 Å². The van der Waals surface area contributed by atoms with Crippen molar-refractivity contribution in [2.45, 2.75) is 25.7 Å². The van der Waals surface area contributed by atoms with Crippen molar-refractivity contribution in [2.75, 3.05) is 5.73 Å². The average molecular weight is 270 g/mol. The lowest BCUT2D eigenvalue weighted by atomic mass is 9.99. The number of nitrogens with two attached hydrogens (primary N) is 1. The number of pyridine rings is 1. The van der Waals surface area contributed by atoms with Gasteiger partial charge in [-0.15, -0.1) is 21.5 Å². The van der Waals surface area contributed by atoms with Crippen molar-refractivity contribution in [3.05, 3.63) is 34.8 Å². The predicted molar refractivity (Wildman–Crippen MR) is 77.4 cm³/mol. The maximum atomic E-state index is 5.85. The Morgan fingerprint density at radius 1 is 1.16 bits per heavy atom. The molecule has 3 aromatic heterocycles. The van der Waals surface area contributed by atoms with Crippen LogP contribution in [-0.2, 0) is 12.8 Å². The zero-order valence-electron chi connectivity index (χ0n) is 10.5. The van der Waals surface area contributed by atoms with Gasteiger partial charge >= 0.3 is 0 Å². The highest BCUT2D eigenvalue weighted by Gasteiger charge is 2.17. The molecule has 5 heteroatoms. The highest BCUT2D eigenvalue weighted by molar-refractivity contribution is 7.15. The van der Waals surface area contributed by atoms with Crippen LogP contribution in [0.2, 0.25) is 0 Å². The van der Waals surface area contributed by atoms with E-state index >= 15 is 0 Å². The van der Waals surface area contributed by atoms with Gasteiger partial charge < -0.3 is 5.73 Å². The summed E-state index contributed by atoms with van der Waals surface area (Å²) in [5.41, 5.74) is 8.92. The van der Waals surface area contributed by atoms with Crippen LogP contribution in [0.3, 0.4) is 0 Å². The number of fused-ring (bicyclic) bond motifs is 2. The molecule has 0 atom stereocenters. The molecule has 3 heterocycles. The van der Waals surface area contributed by atoms with Gasteiger partial charge in [0, 0.05) is 16.8 Å². The normalized spacial score (nSPS) is 14.7. The number of rotatable bonds is 1. The monoisotopic (exact) mass is 270 g/mol. The van der Waals surface area contributed by atoms with Crippen molar-refractivity contribution in [1.82, 2.24) is 14.6 Å². The highest BCUT2D eigenvalue weighted by atomic mass is 32.1. The number of nitrogens with zero attached hydrogens (tertiary/aromatic N) is 3. The van der Waals surface area contributed by atoms with E-state index in [-0.39, 0.29) is 0 Å². The number of aromatic nitrogens is 3. The molecule has 0 radical (unpaired) electrons. The number of hydrogen-bond acceptors (Lipinski definition) is 4. The molecule has 0 saturated heterocycles. The third-order valence-corrected chi connectivity index (χ3v) is 4.88. The minimum absolute atomic E-state index is 0.731. The van der Waals surface area contributed by atoms with Crippen LogP contribution >= 0.6 is 11.3 Å². The van der Waals surface area contributed by atoms with Gasteiger partial charge in [-0.2, -0.15) is 0 Å². The van der Waals surface area contributed by atoms with Crippen LogP contribution in [0.15, 0.2) is 24.4 Å². The Bertz CT molecular complexity index is 732. The summed E-state index contributed by atoms with van der Waals surface area (Å²) in [7, 11) is 0. The lowest BCUT2D eigenvalue weighted by Crippen LogP contribution is -1.96. The maximum Gasteiger partial charge on any atom is 0.178 e. The van der Waals surface area contributed by atoms with Gasteiger partial charge in [-0.05, 0) is 49.4 Å². The summed E-state index contributed by atoms with van der Waals surface area (Å²) in [4.78, 5) is 2.71. The topological polar surface area (TPSA) is 56.2 Å². The number of aryl methyl sites for hydroxylation is 2. The fourth-order valence-electron chi connectivity index (χ4n) is 2.68. The van der Waals surface area contributed by atoms with Crippen molar-refractivity contribution >= 4 is 22.7 Å². The SMILES string of the molecule is Nc1ccc2nnc(-c3cc4c(s3)CCCC4)n2c1. The highest BCUT2D eigenvalue weighted by Crippen LogP contribution is 2.35. The first-order chi connectivity index (χ1) is 9.31. The summed E-state index contributed by atoms with van der Waals surface area (Å²) < 4.78 is 1.98. The van der Waals surface area contributed by atoms with Crippen LogP contribution in [0, 0.1) is 0 Å². The van der Waals surface area contributed by atoms with Crippen LogP contribution in [0.1, 0.15) is 23.3 Å². The summed E-state index contributed by atoms with van der Waals surface area (Å²) in [5.74, 6) is 0.904. The van der Waals surface area contributed by atoms with Gasteiger partial charge in [-0.1, -0.05) is 0 Å². The summed E-state index contributed by atoms with van der Waals surface area (Å²) in [6, 6.07) is 6.03. The quantitative estimate of drug-likeness (QED) is 0.739. The van der Waals surface area contributed by atoms with E-state index in [4.69, 9.17) is 5.73 Å². The fourth-order valence-corrected chi connectivity index (χ4v) is 3.91. The van der Waals surface area contributed by atoms with Crippen LogP contribution in [0.5, 0.6) is 0 Å². The van der Waals surface area contributed by atoms with Gasteiger partial charge in [0.25, 0.3) is 0 Å². The fraction of sp³-hybridized carbons (Fsp3) is 0.286. The van der Waals surface area contributed by atoms with Crippen LogP contribution in [0.4, 0.5) is 5.69 Å². The molecule has 96 valence electrons. The summed E-state index contributed by atoms with van der Waals surface area (Å²) in [5, 5.41) is 8.52. The second-order valence-corrected chi connectivity index (χ2v) is 6.12. The summed E-state index contributed by atoms with van der Waals surface area (Å²) in [6.07, 6.45) is 6.91. The van der Waals surface area contributed by atoms with Crippen LogP contribution in [0.25, 0.3) is 16.3 Å². The molecule has 0 saturated carbocycles. The molecule has 0 bridgehead atoms. The van der Waals surface area contributed by atoms with E-state index in [0.29, 0.717) is 0 Å². The smallest absolute Gasteiger partial charge is 0.178 e. The van der Waals surface area contributed by atoms with Gasteiger partial charge in [0.15, 0.2) is 11.5 Å². The van der Waals surface area contributed by atoms with Gasteiger partial charge in [0.1, 0.15) is 0 Å². The molecule has 19 heavy (non-hydrogen) atoms. The molecule has 0 aliphatic heterocycles. The van der Waals surface area contributed by atoms with Gasteiger partial charge in [0.05, 0.1) is 4.88 Å². The van der Waals surface area contributed by atoms with Crippen molar-refractivity contribution in [2.24, 2.45) is 0 Å². The van der Waals surface area contributed by atoms with E-state index in [9.17, 15) is 0 Å². The van der Waals surface area contributed by atoms with E-state index in [1.54, 1.807) is 0 Å². The Morgan fingerprint density at radius 2 is 2.05 bits per heavy atom. The van der Waals surface area contributed by atoms with Gasteiger partial charge in [-0.25, -0.2) is 0 Å². The molecule has 0 fully saturated rings. The minimum Gasteiger partial charge on any atom is -0.398 e. The van der Waals surface area contributed by atoms with Crippen LogP contribution in [-0.4, -0.2) is 14.6 Å². The standard InChI is InChI=1S/C14H14N4S/c15-10-5-6-13-16-17-14(18(13)8-10)12-7-9-3-1-2-4-11(9)19-12/h5-8H,1-4,15H2. The Labute approximate surface area is 114 Å². The second kappa shape index (κ2) is 4.06. The van der Waals surface area contributed by atoms with E-state index in [2.05, 4.69) is 16.3 Å². The largest absolute Gasteiger partial charge is 0.398 e. The Balaban J connectivity index is 1.89. The third kappa shape index (κ3) is 1.73. The molecule has 0 unspecified atom stereocenters. The molecule has 0 amide bonds. The van der Waals surface area contributed by atoms with Crippen molar-refractivity contribution in [3.8, 4) is 10.7 Å². The molecule has 3 aromatic rings. The minimum atomic E-state index is 0.731. The second-order valence-electron chi connectivity index (χ2n) is 4.98. The Kier molecular flexibility index (Phi) is 2.35. The average Bonchev–Trinajstić information content (AvgIpc) is 3.00. The molecule has 1 aliphatic rings. The summed E-state index contributed by atoms with van der Waals surface area (Å²) >= 11 is 1.85. The first-order valence-electron chi connectivity index (χ1n) is 6.53. The van der Waals surface area contributed by atoms with E-state index < -0.39 is 0 Å². The maximum absolute atomic E-state index is 5.85. The van der Waals surface area contributed by atoms with Gasteiger partial charge in [0.2, 0.25) is 0 Å². The molecule has 1 aliphatic carbocycles. The first kappa shape index (κ1) is 11.0. The molecular weight excluding hydrogens is 256 g/mol. The molecule has 4 nitrogen and oxygen atoms in total. The summed E-state index contributed by atoms with van der Waals surface area (Å²) in [6.45, 7) is 0. The molecule has 4 rings (SSSR count). The lowest BCUT2D eigenvalue weighted by molar-refractivity contribution is 0.697. The van der Waals surface area contributed by atoms with Crippen molar-refractivity contribution in [3.63, 3.8) is 0 Å². The van der Waals surface area contributed by atoms with Gasteiger partial charge in [-0.3, -0.25) is 4.40 Å². The predicted octanol–water partition coefficient (Wildman–Crippen LogP) is 2.92. The molecule has 0 spiro atoms. The third-order valence-electron chi connectivity index (χ3n) is 3.64. The number of nitrogen functional groups attached to an aromatic ring is 1. The molecule has 2 N–H and O–H groups in total. The number of thiophene rings is 1. The zero-order valence-corrected chi connectivity index (χ0v) is 11.3. The zero-order chi connectivity index (χ0) is 12.8. The van der Waals surface area contributed by atoms with Crippen molar-refractivity contribution < 1.29 is 0 Å². The number of hydrogen-bond donors (Lipinski definition) is 1. The Morgan fingerprint density at radius 3 is 2.95 bits per heavy atom.